The van der Waals surface area contributed by atoms with Crippen molar-refractivity contribution in [3.05, 3.63) is 33.3 Å². The Labute approximate surface area is 80.8 Å². The van der Waals surface area contributed by atoms with E-state index in [9.17, 15) is 0 Å². The van der Waals surface area contributed by atoms with Gasteiger partial charge in [0.1, 0.15) is 0 Å². The molecule has 0 aliphatic carbocycles. The van der Waals surface area contributed by atoms with Gasteiger partial charge in [0.15, 0.2) is 0 Å². The molecule has 1 aromatic carbocycles. The maximum absolute atomic E-state index is 5.01. The first kappa shape index (κ1) is 9.71. The molecule has 2 nitrogen and oxygen atoms in total. The summed E-state index contributed by atoms with van der Waals surface area (Å²) in [6.07, 6.45) is 0. The number of nitrogens with two attached hydrogens (primary N) is 1. The second kappa shape index (κ2) is 4.03. The van der Waals surface area contributed by atoms with Gasteiger partial charge in [-0.25, -0.2) is 5.90 Å². The van der Waals surface area contributed by atoms with E-state index >= 15 is 0 Å². The largest absolute Gasteiger partial charge is 0.300 e. The predicted molar refractivity (Wildman–Crippen MR) is 52.6 cm³/mol. The van der Waals surface area contributed by atoms with Crippen molar-refractivity contribution in [1.29, 1.82) is 0 Å². The van der Waals surface area contributed by atoms with Crippen molar-refractivity contribution in [2.75, 3.05) is 0 Å². The average molecular weight is 230 g/mol. The Balaban J connectivity index is 3.09. The third-order valence-electron chi connectivity index (χ3n) is 1.71. The van der Waals surface area contributed by atoms with Crippen LogP contribution in [0.3, 0.4) is 0 Å². The molecule has 1 aromatic rings. The summed E-state index contributed by atoms with van der Waals surface area (Å²) in [6.45, 7) is 4.56. The van der Waals surface area contributed by atoms with Crippen molar-refractivity contribution in [3.63, 3.8) is 0 Å². The summed E-state index contributed by atoms with van der Waals surface area (Å²) in [5.41, 5.74) is 3.53. The third-order valence-corrected chi connectivity index (χ3v) is 2.85. The predicted octanol–water partition coefficient (Wildman–Crippen LogP) is 2.46. The molecule has 0 radical (unpaired) electrons. The van der Waals surface area contributed by atoms with Gasteiger partial charge in [-0.1, -0.05) is 33.6 Å². The Morgan fingerprint density at radius 1 is 1.42 bits per heavy atom. The zero-order valence-corrected chi connectivity index (χ0v) is 8.81. The zero-order chi connectivity index (χ0) is 9.14. The van der Waals surface area contributed by atoms with Crippen LogP contribution < -0.4 is 5.90 Å². The zero-order valence-electron chi connectivity index (χ0n) is 7.23. The SMILES string of the molecule is Cc1cc(C)c(Br)c(CON)c1. The summed E-state index contributed by atoms with van der Waals surface area (Å²) in [7, 11) is 0. The second-order valence-electron chi connectivity index (χ2n) is 2.87. The van der Waals surface area contributed by atoms with Crippen LogP contribution >= 0.6 is 15.9 Å². The molecule has 0 spiro atoms. The molecule has 3 heteroatoms. The molecular weight excluding hydrogens is 218 g/mol. The highest BCUT2D eigenvalue weighted by Gasteiger charge is 2.03. The van der Waals surface area contributed by atoms with E-state index in [0.29, 0.717) is 6.61 Å². The second-order valence-corrected chi connectivity index (χ2v) is 3.66. The number of benzene rings is 1. The summed E-state index contributed by atoms with van der Waals surface area (Å²) in [5, 5.41) is 0. The van der Waals surface area contributed by atoms with Gasteiger partial charge in [-0.2, -0.15) is 0 Å². The minimum atomic E-state index is 0.448. The molecule has 0 unspecified atom stereocenters. The molecular formula is C9H12BrNO. The first-order valence-electron chi connectivity index (χ1n) is 3.72. The van der Waals surface area contributed by atoms with Crippen LogP contribution in [0.25, 0.3) is 0 Å². The van der Waals surface area contributed by atoms with Gasteiger partial charge in [0, 0.05) is 4.47 Å². The molecule has 0 amide bonds. The van der Waals surface area contributed by atoms with E-state index in [-0.39, 0.29) is 0 Å². The molecule has 0 aliphatic heterocycles. The Kier molecular flexibility index (Phi) is 3.26. The third kappa shape index (κ3) is 2.06. The Hall–Kier alpha value is -0.380. The van der Waals surface area contributed by atoms with Crippen molar-refractivity contribution in [2.24, 2.45) is 5.90 Å². The Bertz CT molecular complexity index is 286. The lowest BCUT2D eigenvalue weighted by Gasteiger charge is -2.07. The molecule has 66 valence electrons. The van der Waals surface area contributed by atoms with Crippen molar-refractivity contribution in [1.82, 2.24) is 0 Å². The van der Waals surface area contributed by atoms with Crippen LogP contribution in [0.5, 0.6) is 0 Å². The molecule has 0 heterocycles. The van der Waals surface area contributed by atoms with Gasteiger partial charge >= 0.3 is 0 Å². The van der Waals surface area contributed by atoms with Crippen molar-refractivity contribution >= 4 is 15.9 Å². The lowest BCUT2D eigenvalue weighted by atomic mass is 10.1. The molecule has 0 bridgehead atoms. The molecule has 2 N–H and O–H groups in total. The van der Waals surface area contributed by atoms with Gasteiger partial charge in [0.25, 0.3) is 0 Å². The molecule has 1 rings (SSSR count). The summed E-state index contributed by atoms with van der Waals surface area (Å²) in [5.74, 6) is 5.01. The van der Waals surface area contributed by atoms with E-state index in [0.717, 1.165) is 10.0 Å². The minimum Gasteiger partial charge on any atom is -0.300 e. The molecule has 0 fully saturated rings. The highest BCUT2D eigenvalue weighted by Crippen LogP contribution is 2.23. The number of rotatable bonds is 2. The van der Waals surface area contributed by atoms with Gasteiger partial charge in [0.2, 0.25) is 0 Å². The van der Waals surface area contributed by atoms with Crippen LogP contribution in [-0.2, 0) is 11.4 Å². The smallest absolute Gasteiger partial charge is 0.0941 e. The van der Waals surface area contributed by atoms with E-state index in [1.165, 1.54) is 11.1 Å². The van der Waals surface area contributed by atoms with Gasteiger partial charge in [-0.05, 0) is 25.0 Å². The maximum Gasteiger partial charge on any atom is 0.0941 e. The number of halogens is 1. The average Bonchev–Trinajstić information content (AvgIpc) is 2.00. The quantitative estimate of drug-likeness (QED) is 0.792. The highest BCUT2D eigenvalue weighted by atomic mass is 79.9. The van der Waals surface area contributed by atoms with E-state index in [4.69, 9.17) is 5.90 Å². The number of aryl methyl sites for hydroxylation is 2. The Morgan fingerprint density at radius 3 is 2.67 bits per heavy atom. The van der Waals surface area contributed by atoms with Gasteiger partial charge in [0.05, 0.1) is 6.61 Å². The van der Waals surface area contributed by atoms with Crippen molar-refractivity contribution in [3.8, 4) is 0 Å². The maximum atomic E-state index is 5.01. The van der Waals surface area contributed by atoms with E-state index in [1.807, 2.05) is 0 Å². The summed E-state index contributed by atoms with van der Waals surface area (Å²) in [4.78, 5) is 4.59. The van der Waals surface area contributed by atoms with Crippen LogP contribution in [-0.4, -0.2) is 0 Å². The minimum absolute atomic E-state index is 0.448. The van der Waals surface area contributed by atoms with E-state index < -0.39 is 0 Å². The summed E-state index contributed by atoms with van der Waals surface area (Å²) < 4.78 is 1.08. The fourth-order valence-electron chi connectivity index (χ4n) is 1.23. The molecule has 0 saturated carbocycles. The first-order chi connectivity index (χ1) is 5.65. The number of hydrogen-bond donors (Lipinski definition) is 1. The van der Waals surface area contributed by atoms with Gasteiger partial charge in [-0.3, -0.25) is 4.84 Å². The summed E-state index contributed by atoms with van der Waals surface area (Å²) in [6, 6.07) is 4.17. The fraction of sp³-hybridized carbons (Fsp3) is 0.333. The first-order valence-corrected chi connectivity index (χ1v) is 4.51. The van der Waals surface area contributed by atoms with E-state index in [1.54, 1.807) is 0 Å². The van der Waals surface area contributed by atoms with Crippen LogP contribution in [0.4, 0.5) is 0 Å². The van der Waals surface area contributed by atoms with E-state index in [2.05, 4.69) is 46.7 Å². The van der Waals surface area contributed by atoms with Crippen molar-refractivity contribution < 1.29 is 4.84 Å². The van der Waals surface area contributed by atoms with Crippen molar-refractivity contribution in [2.45, 2.75) is 20.5 Å². The normalized spacial score (nSPS) is 10.3. The number of hydrogen-bond acceptors (Lipinski definition) is 2. The topological polar surface area (TPSA) is 35.2 Å². The Morgan fingerprint density at radius 2 is 2.08 bits per heavy atom. The van der Waals surface area contributed by atoms with Crippen LogP contribution in [0.15, 0.2) is 16.6 Å². The van der Waals surface area contributed by atoms with Gasteiger partial charge < -0.3 is 0 Å². The molecule has 0 aromatic heterocycles. The van der Waals surface area contributed by atoms with Gasteiger partial charge in [-0.15, -0.1) is 0 Å². The molecule has 0 saturated heterocycles. The molecule has 0 atom stereocenters. The molecule has 0 aliphatic rings. The van der Waals surface area contributed by atoms with Crippen LogP contribution in [0.1, 0.15) is 16.7 Å². The van der Waals surface area contributed by atoms with Crippen LogP contribution in [0, 0.1) is 13.8 Å². The summed E-state index contributed by atoms with van der Waals surface area (Å²) >= 11 is 3.48. The highest BCUT2D eigenvalue weighted by molar-refractivity contribution is 9.10. The lowest BCUT2D eigenvalue weighted by Crippen LogP contribution is -2.00. The van der Waals surface area contributed by atoms with Crippen LogP contribution in [0.2, 0.25) is 0 Å². The lowest BCUT2D eigenvalue weighted by molar-refractivity contribution is 0.123. The monoisotopic (exact) mass is 229 g/mol. The molecule has 12 heavy (non-hydrogen) atoms. The standard InChI is InChI=1S/C9H12BrNO/c1-6-3-7(2)9(10)8(4-6)5-12-11/h3-4H,5,11H2,1-2H3. The fourth-order valence-corrected chi connectivity index (χ4v) is 1.58.